The zero-order valence-electron chi connectivity index (χ0n) is 13.6. The van der Waals surface area contributed by atoms with Crippen molar-refractivity contribution in [1.29, 1.82) is 0 Å². The zero-order chi connectivity index (χ0) is 17.3. The summed E-state index contributed by atoms with van der Waals surface area (Å²) in [7, 11) is 2.35. The lowest BCUT2D eigenvalue weighted by molar-refractivity contribution is -0.159. The third kappa shape index (κ3) is 8.93. The molecule has 8 heteroatoms. The molecule has 0 unspecified atom stereocenters. The van der Waals surface area contributed by atoms with E-state index in [0.29, 0.717) is 0 Å². The number of carbonyl (C=O) groups is 4. The minimum atomic E-state index is -1.16. The summed E-state index contributed by atoms with van der Waals surface area (Å²) < 4.78 is 14.0. The highest BCUT2D eigenvalue weighted by Gasteiger charge is 2.27. The lowest BCUT2D eigenvalue weighted by Crippen LogP contribution is -2.44. The van der Waals surface area contributed by atoms with Crippen LogP contribution < -0.4 is 5.32 Å². The molecule has 8 nitrogen and oxygen atoms in total. The van der Waals surface area contributed by atoms with Gasteiger partial charge in [-0.2, -0.15) is 0 Å². The molecule has 0 aliphatic carbocycles. The van der Waals surface area contributed by atoms with Gasteiger partial charge < -0.3 is 19.5 Å². The van der Waals surface area contributed by atoms with Gasteiger partial charge in [0.2, 0.25) is 5.91 Å². The number of nitrogens with one attached hydrogen (secondary N) is 1. The molecular formula is C14H23NO7. The van der Waals surface area contributed by atoms with E-state index in [2.05, 4.69) is 14.8 Å². The number of methoxy groups -OCH3 is 2. The van der Waals surface area contributed by atoms with Gasteiger partial charge in [-0.1, -0.05) is 0 Å². The predicted octanol–water partition coefficient (Wildman–Crippen LogP) is 0.329. The third-order valence-electron chi connectivity index (χ3n) is 2.40. The fraction of sp³-hybridized carbons (Fsp3) is 0.714. The van der Waals surface area contributed by atoms with Gasteiger partial charge in [0.25, 0.3) is 0 Å². The Balaban J connectivity index is 4.59. The summed E-state index contributed by atoms with van der Waals surface area (Å²) in [6, 6.07) is -1.16. The van der Waals surface area contributed by atoms with Crippen molar-refractivity contribution in [3.8, 4) is 0 Å². The Kier molecular flexibility index (Phi) is 8.14. The molecule has 0 heterocycles. The van der Waals surface area contributed by atoms with Crippen LogP contribution in [0.15, 0.2) is 0 Å². The molecule has 126 valence electrons. The van der Waals surface area contributed by atoms with E-state index >= 15 is 0 Å². The van der Waals surface area contributed by atoms with E-state index in [-0.39, 0.29) is 19.3 Å². The minimum Gasteiger partial charge on any atom is -0.469 e. The molecule has 0 rings (SSSR count). The van der Waals surface area contributed by atoms with Gasteiger partial charge in [-0.05, 0) is 20.8 Å². The molecule has 0 aromatic rings. The summed E-state index contributed by atoms with van der Waals surface area (Å²) in [5, 5.41) is 2.34. The van der Waals surface area contributed by atoms with Crippen LogP contribution in [-0.4, -0.2) is 49.7 Å². The highest BCUT2D eigenvalue weighted by atomic mass is 16.6. The highest BCUT2D eigenvalue weighted by molar-refractivity contribution is 5.89. The second-order valence-corrected chi connectivity index (χ2v) is 5.51. The summed E-state index contributed by atoms with van der Waals surface area (Å²) in [6.45, 7) is 5.06. The number of amides is 1. The van der Waals surface area contributed by atoms with Crippen molar-refractivity contribution < 1.29 is 33.4 Å². The molecule has 0 aromatic carbocycles. The van der Waals surface area contributed by atoms with Crippen LogP contribution in [-0.2, 0) is 33.4 Å². The van der Waals surface area contributed by atoms with Crippen LogP contribution in [0.4, 0.5) is 0 Å². The summed E-state index contributed by atoms with van der Waals surface area (Å²) in [6.07, 6.45) is -0.634. The largest absolute Gasteiger partial charge is 0.469 e. The summed E-state index contributed by atoms with van der Waals surface area (Å²) in [4.78, 5) is 46.0. The van der Waals surface area contributed by atoms with Crippen LogP contribution in [0.3, 0.4) is 0 Å². The summed E-state index contributed by atoms with van der Waals surface area (Å²) >= 11 is 0. The lowest BCUT2D eigenvalue weighted by Gasteiger charge is -2.22. The molecule has 1 N–H and O–H groups in total. The number of ether oxygens (including phenoxy) is 3. The van der Waals surface area contributed by atoms with E-state index in [1.54, 1.807) is 20.8 Å². The first kappa shape index (κ1) is 19.9. The third-order valence-corrected chi connectivity index (χ3v) is 2.40. The SMILES string of the molecule is COC(=O)CCC(=O)N[C@H](CC(=O)OC(C)(C)C)C(=O)OC. The average Bonchev–Trinajstić information content (AvgIpc) is 2.40. The Morgan fingerprint density at radius 1 is 0.955 bits per heavy atom. The second kappa shape index (κ2) is 9.01. The van der Waals surface area contributed by atoms with Gasteiger partial charge in [0, 0.05) is 6.42 Å². The molecule has 0 aliphatic rings. The van der Waals surface area contributed by atoms with E-state index in [9.17, 15) is 19.2 Å². The van der Waals surface area contributed by atoms with Gasteiger partial charge in [0.15, 0.2) is 0 Å². The van der Waals surface area contributed by atoms with Crippen LogP contribution in [0.2, 0.25) is 0 Å². The van der Waals surface area contributed by atoms with Gasteiger partial charge >= 0.3 is 17.9 Å². The van der Waals surface area contributed by atoms with Crippen molar-refractivity contribution in [2.24, 2.45) is 0 Å². The molecule has 0 saturated heterocycles. The Labute approximate surface area is 129 Å². The smallest absolute Gasteiger partial charge is 0.328 e. The average molecular weight is 317 g/mol. The monoisotopic (exact) mass is 317 g/mol. The number of esters is 3. The zero-order valence-corrected chi connectivity index (χ0v) is 13.6. The fourth-order valence-electron chi connectivity index (χ4n) is 1.47. The maximum Gasteiger partial charge on any atom is 0.328 e. The Morgan fingerprint density at radius 2 is 1.55 bits per heavy atom. The number of hydrogen-bond acceptors (Lipinski definition) is 7. The minimum absolute atomic E-state index is 0.122. The quantitative estimate of drug-likeness (QED) is 0.532. The van der Waals surface area contributed by atoms with Crippen LogP contribution in [0.5, 0.6) is 0 Å². The molecule has 0 saturated carbocycles. The lowest BCUT2D eigenvalue weighted by atomic mass is 10.1. The van der Waals surface area contributed by atoms with Crippen LogP contribution in [0, 0.1) is 0 Å². The first-order valence-electron chi connectivity index (χ1n) is 6.75. The second-order valence-electron chi connectivity index (χ2n) is 5.51. The molecule has 0 fully saturated rings. The molecule has 0 aromatic heterocycles. The van der Waals surface area contributed by atoms with Gasteiger partial charge in [0.1, 0.15) is 11.6 Å². The van der Waals surface area contributed by atoms with Crippen molar-refractivity contribution in [2.75, 3.05) is 14.2 Å². The molecular weight excluding hydrogens is 294 g/mol. The molecule has 0 spiro atoms. The molecule has 0 aliphatic heterocycles. The van der Waals surface area contributed by atoms with Crippen LogP contribution >= 0.6 is 0 Å². The van der Waals surface area contributed by atoms with Crippen molar-refractivity contribution in [1.82, 2.24) is 5.32 Å². The number of carbonyl (C=O) groups excluding carboxylic acids is 4. The normalized spacial score (nSPS) is 12.0. The van der Waals surface area contributed by atoms with E-state index in [1.807, 2.05) is 0 Å². The Bertz CT molecular complexity index is 425. The molecule has 1 amide bonds. The van der Waals surface area contributed by atoms with Crippen molar-refractivity contribution in [3.63, 3.8) is 0 Å². The molecule has 0 radical (unpaired) electrons. The van der Waals surface area contributed by atoms with Crippen molar-refractivity contribution in [2.45, 2.75) is 51.7 Å². The van der Waals surface area contributed by atoms with Crippen molar-refractivity contribution >= 4 is 23.8 Å². The molecule has 1 atom stereocenters. The fourth-order valence-corrected chi connectivity index (χ4v) is 1.47. The predicted molar refractivity (Wildman–Crippen MR) is 75.7 cm³/mol. The topological polar surface area (TPSA) is 108 Å². The van der Waals surface area contributed by atoms with Crippen LogP contribution in [0.1, 0.15) is 40.0 Å². The first-order chi connectivity index (χ1) is 10.1. The van der Waals surface area contributed by atoms with Gasteiger partial charge in [-0.15, -0.1) is 0 Å². The molecule has 22 heavy (non-hydrogen) atoms. The van der Waals surface area contributed by atoms with Gasteiger partial charge in [0.05, 0.1) is 27.1 Å². The highest BCUT2D eigenvalue weighted by Crippen LogP contribution is 2.10. The van der Waals surface area contributed by atoms with Gasteiger partial charge in [-0.3, -0.25) is 14.4 Å². The summed E-state index contributed by atoms with van der Waals surface area (Å²) in [5.74, 6) is -2.52. The first-order valence-corrected chi connectivity index (χ1v) is 6.75. The summed E-state index contributed by atoms with van der Waals surface area (Å²) in [5.41, 5.74) is -0.702. The van der Waals surface area contributed by atoms with E-state index in [1.165, 1.54) is 7.11 Å². The maximum atomic E-state index is 11.7. The maximum absolute atomic E-state index is 11.7. The van der Waals surface area contributed by atoms with Crippen LogP contribution in [0.25, 0.3) is 0 Å². The van der Waals surface area contributed by atoms with E-state index in [4.69, 9.17) is 4.74 Å². The van der Waals surface area contributed by atoms with Gasteiger partial charge in [-0.25, -0.2) is 4.79 Å². The molecule has 0 bridgehead atoms. The number of rotatable bonds is 7. The standard InChI is InChI=1S/C14H23NO7/c1-14(2,3)22-12(18)8-9(13(19)21-5)15-10(16)6-7-11(17)20-4/h9H,6-8H2,1-5H3,(H,15,16)/t9-/m1/s1. The Morgan fingerprint density at radius 3 is 2.00 bits per heavy atom. The van der Waals surface area contributed by atoms with E-state index in [0.717, 1.165) is 7.11 Å². The Hall–Kier alpha value is -2.12. The van der Waals surface area contributed by atoms with E-state index < -0.39 is 35.5 Å². The number of hydrogen-bond donors (Lipinski definition) is 1. The van der Waals surface area contributed by atoms with Crippen molar-refractivity contribution in [3.05, 3.63) is 0 Å².